The summed E-state index contributed by atoms with van der Waals surface area (Å²) in [5, 5.41) is 20.0. The maximum Gasteiger partial charge on any atom is 0.206 e. The Kier molecular flexibility index (Phi) is 4.91. The van der Waals surface area contributed by atoms with Gasteiger partial charge in [0.25, 0.3) is 0 Å². The van der Waals surface area contributed by atoms with Gasteiger partial charge in [-0.3, -0.25) is 4.40 Å². The molecule has 0 spiro atoms. The van der Waals surface area contributed by atoms with Gasteiger partial charge >= 0.3 is 0 Å². The van der Waals surface area contributed by atoms with Crippen molar-refractivity contribution in [2.24, 2.45) is 5.73 Å². The number of benzene rings is 2. The summed E-state index contributed by atoms with van der Waals surface area (Å²) in [4.78, 5) is 13.8. The van der Waals surface area contributed by atoms with Crippen LogP contribution in [-0.4, -0.2) is 40.3 Å². The molecule has 0 radical (unpaired) electrons. The number of pyridine rings is 2. The second kappa shape index (κ2) is 8.24. The van der Waals surface area contributed by atoms with Crippen LogP contribution in [0.1, 0.15) is 25.3 Å². The van der Waals surface area contributed by atoms with E-state index in [2.05, 4.69) is 62.6 Å². The number of hydrogen-bond donors (Lipinski definition) is 2. The van der Waals surface area contributed by atoms with Gasteiger partial charge in [0.05, 0.1) is 16.8 Å². The number of nitrogens with two attached hydrogens (primary N) is 1. The molecule has 0 aliphatic heterocycles. The zero-order valence-corrected chi connectivity index (χ0v) is 20.8. The summed E-state index contributed by atoms with van der Waals surface area (Å²) in [5.74, 6) is 1.09. The van der Waals surface area contributed by atoms with E-state index in [0.29, 0.717) is 30.1 Å². The lowest BCUT2D eigenvalue weighted by Crippen LogP contribution is -2.58. The molecule has 6 aromatic rings. The number of fused-ring (bicyclic) bond motifs is 3. The molecular formula is C30H25N7O. The third-order valence-electron chi connectivity index (χ3n) is 7.35. The Morgan fingerprint density at radius 2 is 1.61 bits per heavy atom. The Labute approximate surface area is 218 Å². The lowest BCUT2D eigenvalue weighted by Gasteiger charge is -2.49. The second-order valence-electron chi connectivity index (χ2n) is 10.4. The fraction of sp³-hybridized carbons (Fsp3) is 0.167. The Morgan fingerprint density at radius 1 is 0.868 bits per heavy atom. The van der Waals surface area contributed by atoms with Crippen LogP contribution in [0.3, 0.4) is 0 Å². The van der Waals surface area contributed by atoms with E-state index in [4.69, 9.17) is 10.7 Å². The fourth-order valence-corrected chi connectivity index (χ4v) is 5.69. The van der Waals surface area contributed by atoms with E-state index in [0.717, 1.165) is 38.9 Å². The molecule has 0 atom stereocenters. The number of rotatable bonds is 4. The largest absolute Gasteiger partial charge is 0.390 e. The first-order valence-electron chi connectivity index (χ1n) is 12.5. The maximum atomic E-state index is 10.2. The highest BCUT2D eigenvalue weighted by atomic mass is 16.3. The summed E-state index contributed by atoms with van der Waals surface area (Å²) in [5.41, 5.74) is 11.8. The molecule has 38 heavy (non-hydrogen) atoms. The standard InChI is InChI=1S/C30H25N7O/c1-29(38)17-30(31,18-29)21-10-8-20(9-11-21)25-22(19-6-3-2-4-7-19)16-23-24(34-25)12-15-37-27(23)35-36-28(37)26-32-13-5-14-33-26/h2-16,38H,17-18,31H2,1H3/t29-,30-. The zero-order chi connectivity index (χ0) is 25.9. The molecule has 8 nitrogen and oxygen atoms in total. The fourth-order valence-electron chi connectivity index (χ4n) is 5.69. The Bertz CT molecular complexity index is 1790. The predicted octanol–water partition coefficient (Wildman–Crippen LogP) is 4.77. The summed E-state index contributed by atoms with van der Waals surface area (Å²) >= 11 is 0. The third-order valence-corrected chi connectivity index (χ3v) is 7.35. The number of aliphatic hydroxyl groups is 1. The van der Waals surface area contributed by atoms with E-state index in [1.54, 1.807) is 18.5 Å². The third kappa shape index (κ3) is 3.65. The van der Waals surface area contributed by atoms with Crippen LogP contribution in [0.4, 0.5) is 0 Å². The van der Waals surface area contributed by atoms with Crippen molar-refractivity contribution in [3.8, 4) is 34.0 Å². The summed E-state index contributed by atoms with van der Waals surface area (Å²) in [7, 11) is 0. The summed E-state index contributed by atoms with van der Waals surface area (Å²) < 4.78 is 1.90. The van der Waals surface area contributed by atoms with Gasteiger partial charge in [-0.2, -0.15) is 0 Å². The molecule has 0 unspecified atom stereocenters. The molecule has 1 saturated carbocycles. The van der Waals surface area contributed by atoms with Gasteiger partial charge in [0.1, 0.15) is 0 Å². The monoisotopic (exact) mass is 499 g/mol. The molecule has 4 aromatic heterocycles. The molecule has 4 heterocycles. The molecule has 186 valence electrons. The number of nitrogens with zero attached hydrogens (tertiary/aromatic N) is 6. The highest BCUT2D eigenvalue weighted by Crippen LogP contribution is 2.46. The Hall–Kier alpha value is -4.53. The second-order valence-corrected chi connectivity index (χ2v) is 10.4. The van der Waals surface area contributed by atoms with Crippen LogP contribution in [-0.2, 0) is 5.54 Å². The highest BCUT2D eigenvalue weighted by Gasteiger charge is 2.49. The lowest BCUT2D eigenvalue weighted by atomic mass is 9.63. The Morgan fingerprint density at radius 3 is 2.32 bits per heavy atom. The van der Waals surface area contributed by atoms with Gasteiger partial charge in [0.15, 0.2) is 11.5 Å². The first-order valence-corrected chi connectivity index (χ1v) is 12.5. The van der Waals surface area contributed by atoms with Crippen LogP contribution in [0.25, 0.3) is 50.6 Å². The van der Waals surface area contributed by atoms with E-state index >= 15 is 0 Å². The molecule has 8 heteroatoms. The molecule has 2 aromatic carbocycles. The maximum absolute atomic E-state index is 10.2. The smallest absolute Gasteiger partial charge is 0.206 e. The topological polar surface area (TPSA) is 115 Å². The molecule has 0 bridgehead atoms. The minimum absolute atomic E-state index is 0.499. The summed E-state index contributed by atoms with van der Waals surface area (Å²) in [6.45, 7) is 1.83. The van der Waals surface area contributed by atoms with E-state index < -0.39 is 11.1 Å². The molecule has 7 rings (SSSR count). The van der Waals surface area contributed by atoms with Gasteiger partial charge in [-0.15, -0.1) is 10.2 Å². The van der Waals surface area contributed by atoms with Crippen molar-refractivity contribution >= 4 is 16.6 Å². The van der Waals surface area contributed by atoms with Gasteiger partial charge in [-0.05, 0) is 49.1 Å². The molecule has 3 N–H and O–H groups in total. The van der Waals surface area contributed by atoms with Gasteiger partial charge in [0, 0.05) is 40.6 Å². The van der Waals surface area contributed by atoms with Gasteiger partial charge in [0.2, 0.25) is 5.82 Å². The molecule has 1 aliphatic rings. The van der Waals surface area contributed by atoms with Crippen molar-refractivity contribution < 1.29 is 5.11 Å². The average Bonchev–Trinajstić information content (AvgIpc) is 3.37. The lowest BCUT2D eigenvalue weighted by molar-refractivity contribution is -0.0738. The van der Waals surface area contributed by atoms with Crippen molar-refractivity contribution in [3.05, 3.63) is 97.0 Å². The molecule has 0 amide bonds. The van der Waals surface area contributed by atoms with E-state index in [9.17, 15) is 5.11 Å². The first-order chi connectivity index (χ1) is 18.4. The minimum atomic E-state index is -0.701. The van der Waals surface area contributed by atoms with Crippen LogP contribution in [0.5, 0.6) is 0 Å². The van der Waals surface area contributed by atoms with Crippen molar-refractivity contribution in [2.75, 3.05) is 0 Å². The van der Waals surface area contributed by atoms with E-state index in [-0.39, 0.29) is 0 Å². The zero-order valence-electron chi connectivity index (χ0n) is 20.8. The molecule has 1 aliphatic carbocycles. The Balaban J connectivity index is 1.39. The van der Waals surface area contributed by atoms with Crippen molar-refractivity contribution in [1.82, 2.24) is 29.5 Å². The predicted molar refractivity (Wildman–Crippen MR) is 146 cm³/mol. The molecule has 1 fully saturated rings. The highest BCUT2D eigenvalue weighted by molar-refractivity contribution is 5.98. The van der Waals surface area contributed by atoms with Gasteiger partial charge < -0.3 is 10.8 Å². The quantitative estimate of drug-likeness (QED) is 0.359. The van der Waals surface area contributed by atoms with Crippen molar-refractivity contribution in [1.29, 1.82) is 0 Å². The van der Waals surface area contributed by atoms with E-state index in [1.165, 1.54) is 0 Å². The SMILES string of the molecule is C[C@]1(O)C[C@@](N)(c2ccc(-c3nc4ccn5c(-c6ncccn6)nnc5c4cc3-c3ccccc3)cc2)C1. The van der Waals surface area contributed by atoms with E-state index in [1.807, 2.05) is 41.8 Å². The number of hydrogen-bond acceptors (Lipinski definition) is 7. The minimum Gasteiger partial charge on any atom is -0.390 e. The van der Waals surface area contributed by atoms with Gasteiger partial charge in [-0.25, -0.2) is 15.0 Å². The van der Waals surface area contributed by atoms with Gasteiger partial charge in [-0.1, -0.05) is 54.6 Å². The van der Waals surface area contributed by atoms with Crippen molar-refractivity contribution in [3.63, 3.8) is 0 Å². The molecule has 0 saturated heterocycles. The summed E-state index contributed by atoms with van der Waals surface area (Å²) in [6.07, 6.45) is 6.39. The normalized spacial score (nSPS) is 21.0. The molecular weight excluding hydrogens is 474 g/mol. The first kappa shape index (κ1) is 22.7. The summed E-state index contributed by atoms with van der Waals surface area (Å²) in [6, 6.07) is 24.3. The van der Waals surface area contributed by atoms with Crippen LogP contribution in [0.2, 0.25) is 0 Å². The number of aromatic nitrogens is 6. The van der Waals surface area contributed by atoms with Crippen LogP contribution in [0, 0.1) is 0 Å². The van der Waals surface area contributed by atoms with Crippen molar-refractivity contribution in [2.45, 2.75) is 30.9 Å². The van der Waals surface area contributed by atoms with Crippen LogP contribution in [0.15, 0.2) is 91.4 Å². The van der Waals surface area contributed by atoms with Crippen LogP contribution < -0.4 is 5.73 Å². The average molecular weight is 500 g/mol. The van der Waals surface area contributed by atoms with Crippen LogP contribution >= 0.6 is 0 Å².